The van der Waals surface area contributed by atoms with E-state index in [4.69, 9.17) is 5.11 Å². The zero-order valence-electron chi connectivity index (χ0n) is 9.22. The van der Waals surface area contributed by atoms with Crippen LogP contribution in [0.1, 0.15) is 17.3 Å². The second kappa shape index (κ2) is 4.99. The van der Waals surface area contributed by atoms with Gasteiger partial charge in [-0.05, 0) is 31.2 Å². The van der Waals surface area contributed by atoms with Crippen molar-refractivity contribution in [1.29, 1.82) is 0 Å². The van der Waals surface area contributed by atoms with Crippen LogP contribution in [0.2, 0.25) is 0 Å². The Labute approximate surface area is 101 Å². The van der Waals surface area contributed by atoms with Gasteiger partial charge in [0.15, 0.2) is 6.10 Å². The van der Waals surface area contributed by atoms with Crippen molar-refractivity contribution in [2.45, 2.75) is 19.0 Å². The Hall–Kier alpha value is -2.18. The van der Waals surface area contributed by atoms with Crippen LogP contribution in [0.15, 0.2) is 24.3 Å². The monoisotopic (exact) mass is 259 g/mol. The number of hydrogen-bond donors (Lipinski definition) is 1. The fourth-order valence-corrected chi connectivity index (χ4v) is 1.07. The summed E-state index contributed by atoms with van der Waals surface area (Å²) < 4.78 is 30.1. The third-order valence-corrected chi connectivity index (χ3v) is 2.17. The minimum Gasteiger partial charge on any atom is -0.544 e. The quantitative estimate of drug-likeness (QED) is 0.787. The van der Waals surface area contributed by atoms with E-state index in [1.165, 1.54) is 0 Å². The van der Waals surface area contributed by atoms with Crippen molar-refractivity contribution in [3.05, 3.63) is 29.8 Å². The smallest absolute Gasteiger partial charge is 0.338 e. The largest absolute Gasteiger partial charge is 0.544 e. The molecule has 0 saturated heterocycles. The molecule has 0 aliphatic heterocycles. The number of alkyl halides is 2. The Balaban J connectivity index is 2.76. The van der Waals surface area contributed by atoms with Crippen LogP contribution in [0.4, 0.5) is 8.78 Å². The normalized spacial score (nSPS) is 12.8. The van der Waals surface area contributed by atoms with Gasteiger partial charge in [-0.3, -0.25) is 0 Å². The van der Waals surface area contributed by atoms with Crippen LogP contribution in [0.3, 0.4) is 0 Å². The minimum absolute atomic E-state index is 0.0891. The van der Waals surface area contributed by atoms with E-state index >= 15 is 0 Å². The summed E-state index contributed by atoms with van der Waals surface area (Å²) in [6, 6.07) is 4.64. The number of carboxylic acids is 1. The van der Waals surface area contributed by atoms with E-state index in [0.29, 0.717) is 0 Å². The Morgan fingerprint density at radius 3 is 2.28 bits per heavy atom. The van der Waals surface area contributed by atoms with Gasteiger partial charge in [0.05, 0.1) is 5.56 Å². The lowest BCUT2D eigenvalue weighted by atomic mass is 10.2. The SMILES string of the molecule is CC(OC(=O)c1ccc(O)cc1)C(F)(F)C(=O)[O-]. The summed E-state index contributed by atoms with van der Waals surface area (Å²) in [7, 11) is 0. The summed E-state index contributed by atoms with van der Waals surface area (Å²) in [6.45, 7) is 0.744. The van der Waals surface area contributed by atoms with Gasteiger partial charge >= 0.3 is 11.9 Å². The Bertz CT molecular complexity index is 455. The third-order valence-electron chi connectivity index (χ3n) is 2.17. The number of carboxylic acid groups (broad SMARTS) is 1. The predicted molar refractivity (Wildman–Crippen MR) is 52.9 cm³/mol. The summed E-state index contributed by atoms with van der Waals surface area (Å²) in [5, 5.41) is 19.1. The van der Waals surface area contributed by atoms with Gasteiger partial charge in [-0.15, -0.1) is 0 Å². The zero-order valence-corrected chi connectivity index (χ0v) is 9.22. The first-order valence-electron chi connectivity index (χ1n) is 4.84. The molecule has 1 rings (SSSR count). The number of carbonyl (C=O) groups excluding carboxylic acids is 2. The number of phenolic OH excluding ortho intramolecular Hbond substituents is 1. The molecule has 1 atom stereocenters. The first kappa shape index (κ1) is 13.9. The summed E-state index contributed by atoms with van der Waals surface area (Å²) in [4.78, 5) is 21.5. The molecular formula is C11H9F2O5-. The zero-order chi connectivity index (χ0) is 13.9. The molecule has 0 radical (unpaired) electrons. The average Bonchev–Trinajstić information content (AvgIpc) is 2.29. The summed E-state index contributed by atoms with van der Waals surface area (Å²) in [5.74, 6) is -8.12. The summed E-state index contributed by atoms with van der Waals surface area (Å²) in [5.41, 5.74) is -0.0891. The highest BCUT2D eigenvalue weighted by molar-refractivity contribution is 5.90. The second-order valence-corrected chi connectivity index (χ2v) is 3.50. The molecule has 0 spiro atoms. The lowest BCUT2D eigenvalue weighted by molar-refractivity contribution is -0.335. The van der Waals surface area contributed by atoms with Crippen molar-refractivity contribution < 1.29 is 33.3 Å². The molecule has 0 amide bonds. The van der Waals surface area contributed by atoms with E-state index in [1.54, 1.807) is 0 Å². The van der Waals surface area contributed by atoms with Crippen LogP contribution < -0.4 is 5.11 Å². The van der Waals surface area contributed by atoms with Gasteiger partial charge in [-0.2, -0.15) is 8.78 Å². The number of aliphatic carboxylic acids is 1. The number of phenols is 1. The predicted octanol–water partition coefficient (Wildman–Crippen LogP) is 0.323. The molecule has 0 bridgehead atoms. The topological polar surface area (TPSA) is 86.7 Å². The highest BCUT2D eigenvalue weighted by atomic mass is 19.3. The average molecular weight is 259 g/mol. The molecule has 0 saturated carbocycles. The fourth-order valence-electron chi connectivity index (χ4n) is 1.07. The number of ether oxygens (including phenoxy) is 1. The summed E-state index contributed by atoms with van der Waals surface area (Å²) in [6.07, 6.45) is -2.16. The molecule has 0 aromatic heterocycles. The van der Waals surface area contributed by atoms with Gasteiger partial charge in [-0.25, -0.2) is 4.79 Å². The highest BCUT2D eigenvalue weighted by Gasteiger charge is 2.41. The lowest BCUT2D eigenvalue weighted by Crippen LogP contribution is -2.50. The Morgan fingerprint density at radius 2 is 1.83 bits per heavy atom. The van der Waals surface area contributed by atoms with Crippen molar-refractivity contribution in [3.63, 3.8) is 0 Å². The molecule has 1 aromatic carbocycles. The Morgan fingerprint density at radius 1 is 1.33 bits per heavy atom. The minimum atomic E-state index is -4.27. The number of hydrogen-bond acceptors (Lipinski definition) is 5. The van der Waals surface area contributed by atoms with Crippen LogP contribution in [0.25, 0.3) is 0 Å². The van der Waals surface area contributed by atoms with Gasteiger partial charge < -0.3 is 19.7 Å². The van der Waals surface area contributed by atoms with Crippen LogP contribution in [0, 0.1) is 0 Å². The lowest BCUT2D eigenvalue weighted by Gasteiger charge is -2.24. The maximum absolute atomic E-state index is 12.9. The fraction of sp³-hybridized carbons (Fsp3) is 0.273. The molecule has 5 nitrogen and oxygen atoms in total. The molecule has 1 aromatic rings. The molecule has 1 unspecified atom stereocenters. The number of rotatable bonds is 4. The van der Waals surface area contributed by atoms with E-state index in [0.717, 1.165) is 31.2 Å². The first-order chi connectivity index (χ1) is 8.25. The number of carbonyl (C=O) groups is 2. The third kappa shape index (κ3) is 2.93. The van der Waals surface area contributed by atoms with E-state index in [9.17, 15) is 23.5 Å². The van der Waals surface area contributed by atoms with E-state index in [2.05, 4.69) is 4.74 Å². The number of halogens is 2. The molecule has 18 heavy (non-hydrogen) atoms. The number of aromatic hydroxyl groups is 1. The molecule has 0 heterocycles. The van der Waals surface area contributed by atoms with Gasteiger partial charge in [0.1, 0.15) is 11.7 Å². The molecule has 0 fully saturated rings. The molecule has 7 heteroatoms. The van der Waals surface area contributed by atoms with Crippen molar-refractivity contribution in [1.82, 2.24) is 0 Å². The first-order valence-corrected chi connectivity index (χ1v) is 4.84. The standard InChI is InChI=1S/C11H10F2O5/c1-6(11(12,13)10(16)17)18-9(15)7-2-4-8(14)5-3-7/h2-6,14H,1H3,(H,16,17)/p-1. The summed E-state index contributed by atoms with van der Waals surface area (Å²) >= 11 is 0. The molecular weight excluding hydrogens is 250 g/mol. The second-order valence-electron chi connectivity index (χ2n) is 3.50. The van der Waals surface area contributed by atoms with Crippen molar-refractivity contribution in [3.8, 4) is 5.75 Å². The Kier molecular flexibility index (Phi) is 3.85. The van der Waals surface area contributed by atoms with E-state index in [-0.39, 0.29) is 11.3 Å². The maximum Gasteiger partial charge on any atom is 0.338 e. The van der Waals surface area contributed by atoms with Crippen molar-refractivity contribution in [2.24, 2.45) is 0 Å². The highest BCUT2D eigenvalue weighted by Crippen LogP contribution is 2.21. The number of esters is 1. The maximum atomic E-state index is 12.9. The van der Waals surface area contributed by atoms with Crippen LogP contribution in [0.5, 0.6) is 5.75 Å². The molecule has 1 N–H and O–H groups in total. The van der Waals surface area contributed by atoms with Crippen LogP contribution in [-0.2, 0) is 9.53 Å². The molecule has 98 valence electrons. The molecule has 0 aliphatic carbocycles. The van der Waals surface area contributed by atoms with Gasteiger partial charge in [-0.1, -0.05) is 0 Å². The van der Waals surface area contributed by atoms with Crippen molar-refractivity contribution in [2.75, 3.05) is 0 Å². The van der Waals surface area contributed by atoms with Gasteiger partial charge in [0.25, 0.3) is 0 Å². The van der Waals surface area contributed by atoms with Crippen molar-refractivity contribution >= 4 is 11.9 Å². The van der Waals surface area contributed by atoms with Gasteiger partial charge in [0, 0.05) is 0 Å². The van der Waals surface area contributed by atoms with Crippen LogP contribution in [-0.4, -0.2) is 29.1 Å². The van der Waals surface area contributed by atoms with E-state index in [1.807, 2.05) is 0 Å². The van der Waals surface area contributed by atoms with Crippen LogP contribution >= 0.6 is 0 Å². The number of benzene rings is 1. The van der Waals surface area contributed by atoms with Gasteiger partial charge in [0.2, 0.25) is 0 Å². The van der Waals surface area contributed by atoms with E-state index < -0.39 is 24.0 Å². The molecule has 0 aliphatic rings.